The van der Waals surface area contributed by atoms with Gasteiger partial charge >= 0.3 is 0 Å². The number of benzene rings is 1. The molecule has 1 saturated carbocycles. The molecule has 28 heavy (non-hydrogen) atoms. The molecule has 1 aromatic carbocycles. The molecule has 0 saturated heterocycles. The van der Waals surface area contributed by atoms with Crippen LogP contribution < -0.4 is 0 Å². The Kier molecular flexibility index (Phi) is 3.97. The summed E-state index contributed by atoms with van der Waals surface area (Å²) in [6, 6.07) is 15.6. The predicted molar refractivity (Wildman–Crippen MR) is 104 cm³/mol. The molecule has 140 valence electrons. The number of rotatable bonds is 5. The zero-order valence-electron chi connectivity index (χ0n) is 15.5. The van der Waals surface area contributed by atoms with Crippen molar-refractivity contribution in [1.29, 1.82) is 0 Å². The summed E-state index contributed by atoms with van der Waals surface area (Å²) in [6.07, 6.45) is 3.65. The van der Waals surface area contributed by atoms with Gasteiger partial charge in [-0.3, -0.25) is 4.79 Å². The highest BCUT2D eigenvalue weighted by molar-refractivity contribution is 6.07. The lowest BCUT2D eigenvalue weighted by atomic mass is 10.0. The first-order valence-electron chi connectivity index (χ1n) is 9.36. The number of fused-ring (bicyclic) bond motifs is 1. The van der Waals surface area contributed by atoms with Gasteiger partial charge in [0.2, 0.25) is 0 Å². The molecule has 3 aromatic heterocycles. The number of hydrogen-bond donors (Lipinski definition) is 0. The Bertz CT molecular complexity index is 1130. The van der Waals surface area contributed by atoms with Crippen LogP contribution in [0.15, 0.2) is 63.7 Å². The molecular weight excluding hydrogens is 354 g/mol. The van der Waals surface area contributed by atoms with Crippen molar-refractivity contribution < 1.29 is 13.7 Å². The summed E-state index contributed by atoms with van der Waals surface area (Å²) < 4.78 is 10.9. The van der Waals surface area contributed by atoms with Crippen molar-refractivity contribution in [3.8, 4) is 11.3 Å². The van der Waals surface area contributed by atoms with Crippen molar-refractivity contribution in [3.05, 3.63) is 71.8 Å². The van der Waals surface area contributed by atoms with Crippen LogP contribution in [-0.2, 0) is 6.54 Å². The number of carbonyl (C=O) groups excluding carboxylic acids is 1. The second kappa shape index (κ2) is 6.64. The normalized spacial score (nSPS) is 13.8. The van der Waals surface area contributed by atoms with Crippen LogP contribution in [0.5, 0.6) is 0 Å². The van der Waals surface area contributed by atoms with E-state index in [1.807, 2.05) is 60.4 Å². The lowest BCUT2D eigenvalue weighted by Gasteiger charge is -2.22. The molecule has 0 unspecified atom stereocenters. The van der Waals surface area contributed by atoms with E-state index < -0.39 is 0 Å². The van der Waals surface area contributed by atoms with Gasteiger partial charge in [0.05, 0.1) is 35.1 Å². The maximum Gasteiger partial charge on any atom is 0.259 e. The third-order valence-corrected chi connectivity index (χ3v) is 5.07. The van der Waals surface area contributed by atoms with Crippen molar-refractivity contribution in [2.75, 3.05) is 0 Å². The molecule has 1 aliphatic rings. The quantitative estimate of drug-likeness (QED) is 0.511. The van der Waals surface area contributed by atoms with E-state index in [1.165, 1.54) is 0 Å². The van der Waals surface area contributed by atoms with Crippen molar-refractivity contribution in [2.24, 2.45) is 0 Å². The largest absolute Gasteiger partial charge is 0.467 e. The molecule has 0 radical (unpaired) electrons. The lowest BCUT2D eigenvalue weighted by Crippen LogP contribution is -2.32. The SMILES string of the molecule is Cc1noc2nc(-c3ccccc3)cc(C(=O)N(Cc3ccco3)C3CC3)c12. The fourth-order valence-corrected chi connectivity index (χ4v) is 3.50. The molecule has 6 nitrogen and oxygen atoms in total. The van der Waals surface area contributed by atoms with Crippen LogP contribution in [0.1, 0.15) is 34.7 Å². The minimum atomic E-state index is -0.0465. The Morgan fingerprint density at radius 1 is 1.18 bits per heavy atom. The van der Waals surface area contributed by atoms with Crippen LogP contribution in [0.25, 0.3) is 22.4 Å². The Hall–Kier alpha value is -3.41. The predicted octanol–water partition coefficient (Wildman–Crippen LogP) is 4.60. The first-order valence-corrected chi connectivity index (χ1v) is 9.36. The minimum Gasteiger partial charge on any atom is -0.467 e. The van der Waals surface area contributed by atoms with Gasteiger partial charge in [-0.25, -0.2) is 4.98 Å². The summed E-state index contributed by atoms with van der Waals surface area (Å²) in [4.78, 5) is 20.1. The van der Waals surface area contributed by atoms with Gasteiger partial charge in [0, 0.05) is 11.6 Å². The van der Waals surface area contributed by atoms with E-state index in [9.17, 15) is 4.79 Å². The fraction of sp³-hybridized carbons (Fsp3) is 0.227. The fourth-order valence-electron chi connectivity index (χ4n) is 3.50. The van der Waals surface area contributed by atoms with Gasteiger partial charge in [0.15, 0.2) is 0 Å². The number of nitrogens with zero attached hydrogens (tertiary/aromatic N) is 3. The van der Waals surface area contributed by atoms with E-state index in [2.05, 4.69) is 10.1 Å². The number of furan rings is 1. The molecule has 0 aliphatic heterocycles. The molecule has 3 heterocycles. The first kappa shape index (κ1) is 16.7. The molecule has 4 aromatic rings. The molecule has 1 aliphatic carbocycles. The van der Waals surface area contributed by atoms with Crippen LogP contribution in [-0.4, -0.2) is 27.0 Å². The van der Waals surface area contributed by atoms with Crippen LogP contribution in [0.2, 0.25) is 0 Å². The standard InChI is InChI=1S/C22H19N3O3/c1-14-20-18(22(26)25(16-9-10-16)13-17-8-5-11-27-17)12-19(23-21(20)28-24-14)15-6-3-2-4-7-15/h2-8,11-12,16H,9-10,13H2,1H3. The van der Waals surface area contributed by atoms with Crippen molar-refractivity contribution >= 4 is 17.0 Å². The average Bonchev–Trinajstić information content (AvgIpc) is 3.31. The number of pyridine rings is 1. The summed E-state index contributed by atoms with van der Waals surface area (Å²) in [5, 5.41) is 4.72. The zero-order valence-corrected chi connectivity index (χ0v) is 15.5. The Balaban J connectivity index is 1.61. The molecular formula is C22H19N3O3. The second-order valence-electron chi connectivity index (χ2n) is 7.11. The lowest BCUT2D eigenvalue weighted by molar-refractivity contribution is 0.0719. The van der Waals surface area contributed by atoms with Gasteiger partial charge in [-0.05, 0) is 38.0 Å². The molecule has 0 N–H and O–H groups in total. The molecule has 0 bridgehead atoms. The Morgan fingerprint density at radius 2 is 2.00 bits per heavy atom. The summed E-state index contributed by atoms with van der Waals surface area (Å²) in [5.74, 6) is 0.727. The highest BCUT2D eigenvalue weighted by atomic mass is 16.5. The Labute approximate surface area is 161 Å². The summed E-state index contributed by atoms with van der Waals surface area (Å²) in [5.41, 5.74) is 3.24. The second-order valence-corrected chi connectivity index (χ2v) is 7.11. The molecule has 5 rings (SSSR count). The molecule has 1 fully saturated rings. The van der Waals surface area contributed by atoms with Gasteiger partial charge in [-0.2, -0.15) is 0 Å². The molecule has 0 spiro atoms. The van der Waals surface area contributed by atoms with E-state index in [4.69, 9.17) is 8.94 Å². The summed E-state index contributed by atoms with van der Waals surface area (Å²) in [7, 11) is 0. The first-order chi connectivity index (χ1) is 13.7. The maximum absolute atomic E-state index is 13.6. The number of hydrogen-bond acceptors (Lipinski definition) is 5. The number of carbonyl (C=O) groups is 1. The number of aryl methyl sites for hydroxylation is 1. The van der Waals surface area contributed by atoms with Crippen LogP contribution >= 0.6 is 0 Å². The van der Waals surface area contributed by atoms with Gasteiger partial charge in [0.1, 0.15) is 5.76 Å². The van der Waals surface area contributed by atoms with Gasteiger partial charge < -0.3 is 13.8 Å². The summed E-state index contributed by atoms with van der Waals surface area (Å²) >= 11 is 0. The van der Waals surface area contributed by atoms with Gasteiger partial charge in [-0.1, -0.05) is 35.5 Å². The maximum atomic E-state index is 13.6. The van der Waals surface area contributed by atoms with Crippen molar-refractivity contribution in [1.82, 2.24) is 15.0 Å². The van der Waals surface area contributed by atoms with Crippen molar-refractivity contribution in [3.63, 3.8) is 0 Å². The monoisotopic (exact) mass is 373 g/mol. The van der Waals surface area contributed by atoms with Gasteiger partial charge in [-0.15, -0.1) is 0 Å². The van der Waals surface area contributed by atoms with Crippen LogP contribution in [0.4, 0.5) is 0 Å². The molecule has 6 heteroatoms. The molecule has 1 amide bonds. The van der Waals surface area contributed by atoms with E-state index >= 15 is 0 Å². The van der Waals surface area contributed by atoms with E-state index in [0.717, 1.165) is 24.2 Å². The number of aromatic nitrogens is 2. The average molecular weight is 373 g/mol. The van der Waals surface area contributed by atoms with Gasteiger partial charge in [0.25, 0.3) is 11.6 Å². The minimum absolute atomic E-state index is 0.0465. The topological polar surface area (TPSA) is 72.4 Å². The molecule has 0 atom stereocenters. The Morgan fingerprint density at radius 3 is 2.71 bits per heavy atom. The van der Waals surface area contributed by atoms with E-state index in [-0.39, 0.29) is 11.9 Å². The summed E-state index contributed by atoms with van der Waals surface area (Å²) in [6.45, 7) is 2.28. The third-order valence-electron chi connectivity index (χ3n) is 5.07. The smallest absolute Gasteiger partial charge is 0.259 e. The van der Waals surface area contributed by atoms with Crippen LogP contribution in [0, 0.1) is 6.92 Å². The van der Waals surface area contributed by atoms with Crippen molar-refractivity contribution in [2.45, 2.75) is 32.4 Å². The number of amides is 1. The van der Waals surface area contributed by atoms with Crippen LogP contribution in [0.3, 0.4) is 0 Å². The highest BCUT2D eigenvalue weighted by Crippen LogP contribution is 2.33. The van der Waals surface area contributed by atoms with E-state index in [1.54, 1.807) is 6.26 Å². The van der Waals surface area contributed by atoms with E-state index in [0.29, 0.717) is 34.6 Å². The third kappa shape index (κ3) is 2.97. The highest BCUT2D eigenvalue weighted by Gasteiger charge is 2.35. The zero-order chi connectivity index (χ0) is 19.1.